The quantitative estimate of drug-likeness (QED) is 0.630. The molecule has 1 N–H and O–H groups in total. The molecule has 0 amide bonds. The maximum Gasteiger partial charge on any atom is 0.344 e. The minimum Gasteiger partial charge on any atom is -0.479 e. The van der Waals surface area contributed by atoms with Crippen LogP contribution in [0, 0.1) is 15.9 Å². The van der Waals surface area contributed by atoms with Crippen molar-refractivity contribution in [3.05, 3.63) is 34.1 Å². The highest BCUT2D eigenvalue weighted by atomic mass is 19.1. The molecule has 0 saturated carbocycles. The van der Waals surface area contributed by atoms with E-state index >= 15 is 0 Å². The molecule has 0 heterocycles. The Labute approximate surface area is 95.8 Å². The van der Waals surface area contributed by atoms with Crippen LogP contribution < -0.4 is 4.74 Å². The van der Waals surface area contributed by atoms with Gasteiger partial charge < -0.3 is 9.84 Å². The molecule has 6 nitrogen and oxygen atoms in total. The van der Waals surface area contributed by atoms with Crippen LogP contribution in [0.3, 0.4) is 0 Å². The Morgan fingerprint density at radius 3 is 2.71 bits per heavy atom. The number of aliphatic carboxylic acids is 1. The van der Waals surface area contributed by atoms with E-state index in [1.54, 1.807) is 6.92 Å². The van der Waals surface area contributed by atoms with Gasteiger partial charge in [-0.25, -0.2) is 4.79 Å². The summed E-state index contributed by atoms with van der Waals surface area (Å²) in [5.41, 5.74) is -0.680. The van der Waals surface area contributed by atoms with Crippen LogP contribution in [0.25, 0.3) is 0 Å². The lowest BCUT2D eigenvalue weighted by Gasteiger charge is -2.12. The molecule has 0 aliphatic rings. The second-order valence-corrected chi connectivity index (χ2v) is 3.22. The van der Waals surface area contributed by atoms with Crippen molar-refractivity contribution in [3.63, 3.8) is 0 Å². The topological polar surface area (TPSA) is 89.7 Å². The molecule has 7 heteroatoms. The van der Waals surface area contributed by atoms with Gasteiger partial charge in [0.25, 0.3) is 0 Å². The van der Waals surface area contributed by atoms with Crippen molar-refractivity contribution in [3.8, 4) is 5.75 Å². The Balaban J connectivity index is 2.90. The van der Waals surface area contributed by atoms with Crippen LogP contribution >= 0.6 is 0 Å². The van der Waals surface area contributed by atoms with Crippen LogP contribution in [0.4, 0.5) is 10.1 Å². The average molecular weight is 243 g/mol. The summed E-state index contributed by atoms with van der Waals surface area (Å²) >= 11 is 0. The number of halogens is 1. The fourth-order valence-corrected chi connectivity index (χ4v) is 1.18. The summed E-state index contributed by atoms with van der Waals surface area (Å²) in [7, 11) is 0. The van der Waals surface area contributed by atoms with Gasteiger partial charge >= 0.3 is 11.7 Å². The van der Waals surface area contributed by atoms with Crippen LogP contribution in [0.1, 0.15) is 13.3 Å². The molecule has 0 bridgehead atoms. The molecule has 0 saturated heterocycles. The molecule has 1 aromatic carbocycles. The molecule has 0 fully saturated rings. The SMILES string of the molecule is CCC(Oc1ccc([N+](=O)[O-])c(F)c1)C(=O)O. The second-order valence-electron chi connectivity index (χ2n) is 3.22. The minimum atomic E-state index is -1.17. The Kier molecular flexibility index (Phi) is 3.97. The Morgan fingerprint density at radius 1 is 1.65 bits per heavy atom. The van der Waals surface area contributed by atoms with Crippen molar-refractivity contribution in [1.29, 1.82) is 0 Å². The number of carboxylic acids is 1. The van der Waals surface area contributed by atoms with Crippen molar-refractivity contribution in [2.45, 2.75) is 19.4 Å². The Hall–Kier alpha value is -2.18. The maximum absolute atomic E-state index is 13.2. The van der Waals surface area contributed by atoms with Crippen molar-refractivity contribution in [2.75, 3.05) is 0 Å². The fraction of sp³-hybridized carbons (Fsp3) is 0.300. The van der Waals surface area contributed by atoms with Crippen molar-refractivity contribution >= 4 is 11.7 Å². The van der Waals surface area contributed by atoms with E-state index in [1.165, 1.54) is 0 Å². The number of carbonyl (C=O) groups is 1. The molecular formula is C10H10FNO5. The lowest BCUT2D eigenvalue weighted by atomic mass is 10.2. The molecule has 1 aromatic rings. The van der Waals surface area contributed by atoms with E-state index in [9.17, 15) is 19.3 Å². The number of carboxylic acid groups (broad SMARTS) is 1. The van der Waals surface area contributed by atoms with Gasteiger partial charge in [-0.05, 0) is 12.5 Å². The normalized spacial score (nSPS) is 11.9. The van der Waals surface area contributed by atoms with Gasteiger partial charge in [0.1, 0.15) is 5.75 Å². The van der Waals surface area contributed by atoms with Gasteiger partial charge in [-0.2, -0.15) is 4.39 Å². The zero-order chi connectivity index (χ0) is 13.0. The van der Waals surface area contributed by atoms with Gasteiger partial charge in [-0.3, -0.25) is 10.1 Å². The first-order valence-corrected chi connectivity index (χ1v) is 4.79. The Bertz CT molecular complexity index is 448. The van der Waals surface area contributed by atoms with E-state index in [0.717, 1.165) is 18.2 Å². The fourth-order valence-electron chi connectivity index (χ4n) is 1.18. The third kappa shape index (κ3) is 3.13. The van der Waals surface area contributed by atoms with E-state index in [-0.39, 0.29) is 12.2 Å². The molecule has 1 unspecified atom stereocenters. The van der Waals surface area contributed by atoms with Crippen LogP contribution in [0.5, 0.6) is 5.75 Å². The van der Waals surface area contributed by atoms with E-state index in [4.69, 9.17) is 9.84 Å². The molecule has 0 aliphatic carbocycles. The molecule has 1 atom stereocenters. The number of hydrogen-bond acceptors (Lipinski definition) is 4. The standard InChI is InChI=1S/C10H10FNO5/c1-2-9(10(13)14)17-6-3-4-8(12(15)16)7(11)5-6/h3-5,9H,2H2,1H3,(H,13,14). The number of hydrogen-bond donors (Lipinski definition) is 1. The van der Waals surface area contributed by atoms with Gasteiger partial charge in [-0.15, -0.1) is 0 Å². The van der Waals surface area contributed by atoms with Crippen molar-refractivity contribution in [1.82, 2.24) is 0 Å². The van der Waals surface area contributed by atoms with E-state index in [2.05, 4.69) is 0 Å². The zero-order valence-electron chi connectivity index (χ0n) is 8.92. The van der Waals surface area contributed by atoms with Gasteiger partial charge in [0.05, 0.1) is 4.92 Å². The number of ether oxygens (including phenoxy) is 1. The third-order valence-corrected chi connectivity index (χ3v) is 2.04. The van der Waals surface area contributed by atoms with E-state index in [1.807, 2.05) is 0 Å². The number of nitro benzene ring substituents is 1. The molecule has 0 spiro atoms. The molecule has 17 heavy (non-hydrogen) atoms. The first-order valence-electron chi connectivity index (χ1n) is 4.79. The molecular weight excluding hydrogens is 233 g/mol. The van der Waals surface area contributed by atoms with Crippen molar-refractivity contribution < 1.29 is 24.0 Å². The third-order valence-electron chi connectivity index (χ3n) is 2.04. The average Bonchev–Trinajstić information content (AvgIpc) is 2.24. The van der Waals surface area contributed by atoms with Gasteiger partial charge in [-0.1, -0.05) is 6.92 Å². The summed E-state index contributed by atoms with van der Waals surface area (Å²) in [5, 5.41) is 19.1. The van der Waals surface area contributed by atoms with Gasteiger partial charge in [0.2, 0.25) is 5.82 Å². The monoisotopic (exact) mass is 243 g/mol. The lowest BCUT2D eigenvalue weighted by Crippen LogP contribution is -2.25. The largest absolute Gasteiger partial charge is 0.479 e. The summed E-state index contributed by atoms with van der Waals surface area (Å²) in [6, 6.07) is 2.88. The molecule has 0 radical (unpaired) electrons. The highest BCUT2D eigenvalue weighted by molar-refractivity contribution is 5.72. The number of nitrogens with zero attached hydrogens (tertiary/aromatic N) is 1. The summed E-state index contributed by atoms with van der Waals surface area (Å²) in [4.78, 5) is 20.2. The molecule has 0 aliphatic heterocycles. The predicted molar refractivity (Wildman–Crippen MR) is 55.4 cm³/mol. The first-order chi connectivity index (χ1) is 7.95. The zero-order valence-corrected chi connectivity index (χ0v) is 8.92. The van der Waals surface area contributed by atoms with Crippen LogP contribution in [0.15, 0.2) is 18.2 Å². The smallest absolute Gasteiger partial charge is 0.344 e. The van der Waals surface area contributed by atoms with E-state index < -0.39 is 28.5 Å². The first kappa shape index (κ1) is 12.9. The van der Waals surface area contributed by atoms with Crippen LogP contribution in [-0.4, -0.2) is 22.1 Å². The summed E-state index contributed by atoms with van der Waals surface area (Å²) in [6.45, 7) is 1.60. The highest BCUT2D eigenvalue weighted by Gasteiger charge is 2.19. The molecule has 92 valence electrons. The van der Waals surface area contributed by atoms with Gasteiger partial charge in [0.15, 0.2) is 6.10 Å². The second kappa shape index (κ2) is 5.24. The lowest BCUT2D eigenvalue weighted by molar-refractivity contribution is -0.387. The summed E-state index contributed by atoms with van der Waals surface area (Å²) in [5.74, 6) is -2.29. The van der Waals surface area contributed by atoms with Gasteiger partial charge in [0, 0.05) is 12.1 Å². The van der Waals surface area contributed by atoms with Crippen LogP contribution in [-0.2, 0) is 4.79 Å². The Morgan fingerprint density at radius 2 is 2.29 bits per heavy atom. The van der Waals surface area contributed by atoms with E-state index in [0.29, 0.717) is 0 Å². The molecule has 0 aromatic heterocycles. The minimum absolute atomic E-state index is 0.0534. The summed E-state index contributed by atoms with van der Waals surface area (Å²) in [6.07, 6.45) is -0.899. The number of rotatable bonds is 5. The molecule has 1 rings (SSSR count). The maximum atomic E-state index is 13.2. The predicted octanol–water partition coefficient (Wildman–Crippen LogP) is 1.98. The van der Waals surface area contributed by atoms with Crippen LogP contribution in [0.2, 0.25) is 0 Å². The summed E-state index contributed by atoms with van der Waals surface area (Å²) < 4.78 is 18.2. The number of benzene rings is 1. The number of nitro groups is 1. The highest BCUT2D eigenvalue weighted by Crippen LogP contribution is 2.23. The van der Waals surface area contributed by atoms with Crippen molar-refractivity contribution in [2.24, 2.45) is 0 Å².